The first-order valence-corrected chi connectivity index (χ1v) is 8.11. The van der Waals surface area contributed by atoms with Crippen molar-refractivity contribution in [3.63, 3.8) is 0 Å². The van der Waals surface area contributed by atoms with Gasteiger partial charge >= 0.3 is 0 Å². The van der Waals surface area contributed by atoms with E-state index in [9.17, 15) is 18.4 Å². The van der Waals surface area contributed by atoms with Crippen LogP contribution in [0, 0.1) is 5.41 Å². The minimum atomic E-state index is -2.76. The van der Waals surface area contributed by atoms with E-state index in [1.807, 2.05) is 13.8 Å². The predicted molar refractivity (Wildman–Crippen MR) is 91.1 cm³/mol. The van der Waals surface area contributed by atoms with Crippen molar-refractivity contribution in [2.45, 2.75) is 26.7 Å². The summed E-state index contributed by atoms with van der Waals surface area (Å²) >= 11 is 0. The number of carbonyl (C=O) groups is 2. The Balaban J connectivity index is 1.86. The van der Waals surface area contributed by atoms with E-state index >= 15 is 0 Å². The van der Waals surface area contributed by atoms with E-state index in [-0.39, 0.29) is 11.6 Å². The number of aromatic nitrogens is 3. The standard InChI is InChI=1S/C17H19F2N5O2/c1-17(2)7-8-24(16(17)26)14-12(9-23(3)22-14)21-15(25)11-6-4-5-10(20-11)13(18)19/h4-6,9,13H,7-8H2,1-3H3,(H,21,25). The van der Waals surface area contributed by atoms with Crippen LogP contribution < -0.4 is 10.2 Å². The van der Waals surface area contributed by atoms with Crippen molar-refractivity contribution >= 4 is 23.3 Å². The van der Waals surface area contributed by atoms with Gasteiger partial charge in [0, 0.05) is 19.0 Å². The number of rotatable bonds is 4. The Kier molecular flexibility index (Phi) is 4.47. The molecule has 3 rings (SSSR count). The normalized spacial score (nSPS) is 16.4. The molecular weight excluding hydrogens is 344 g/mol. The Morgan fingerprint density at radius 3 is 2.69 bits per heavy atom. The molecule has 1 fully saturated rings. The maximum atomic E-state index is 12.8. The molecule has 3 heterocycles. The van der Waals surface area contributed by atoms with Gasteiger partial charge in [-0.15, -0.1) is 0 Å². The lowest BCUT2D eigenvalue weighted by molar-refractivity contribution is -0.124. The molecule has 1 aliphatic heterocycles. The molecule has 0 aliphatic carbocycles. The molecular formula is C17H19F2N5O2. The number of hydrogen-bond donors (Lipinski definition) is 1. The second-order valence-corrected chi connectivity index (χ2v) is 6.83. The molecule has 0 atom stereocenters. The zero-order valence-corrected chi connectivity index (χ0v) is 14.7. The van der Waals surface area contributed by atoms with Gasteiger partial charge in [0.05, 0.1) is 6.20 Å². The van der Waals surface area contributed by atoms with Crippen LogP contribution in [0.3, 0.4) is 0 Å². The number of pyridine rings is 1. The highest BCUT2D eigenvalue weighted by Crippen LogP contribution is 2.36. The minimum absolute atomic E-state index is 0.0791. The summed E-state index contributed by atoms with van der Waals surface area (Å²) in [4.78, 5) is 30.1. The summed E-state index contributed by atoms with van der Waals surface area (Å²) in [5.74, 6) is -0.390. The van der Waals surface area contributed by atoms with Crippen LogP contribution in [0.4, 0.5) is 20.3 Å². The molecule has 1 saturated heterocycles. The largest absolute Gasteiger partial charge is 0.316 e. The first kappa shape index (κ1) is 18.0. The molecule has 138 valence electrons. The highest BCUT2D eigenvalue weighted by Gasteiger charge is 2.41. The highest BCUT2D eigenvalue weighted by atomic mass is 19.3. The summed E-state index contributed by atoms with van der Waals surface area (Å²) in [6.07, 6.45) is -0.530. The number of carbonyl (C=O) groups excluding carboxylic acids is 2. The molecule has 9 heteroatoms. The first-order chi connectivity index (χ1) is 12.2. The Hall–Kier alpha value is -2.84. The lowest BCUT2D eigenvalue weighted by Crippen LogP contribution is -2.32. The lowest BCUT2D eigenvalue weighted by atomic mass is 9.92. The van der Waals surface area contributed by atoms with Crippen LogP contribution in [0.1, 0.15) is 42.9 Å². The summed E-state index contributed by atoms with van der Waals surface area (Å²) in [7, 11) is 1.67. The molecule has 2 amide bonds. The molecule has 0 radical (unpaired) electrons. The van der Waals surface area contributed by atoms with Gasteiger partial charge in [0.1, 0.15) is 17.1 Å². The van der Waals surface area contributed by atoms with E-state index in [1.165, 1.54) is 21.7 Å². The third-order valence-corrected chi connectivity index (χ3v) is 4.32. The van der Waals surface area contributed by atoms with E-state index in [1.54, 1.807) is 13.2 Å². The highest BCUT2D eigenvalue weighted by molar-refractivity contribution is 6.07. The Morgan fingerprint density at radius 2 is 2.08 bits per heavy atom. The lowest BCUT2D eigenvalue weighted by Gasteiger charge is -2.18. The van der Waals surface area contributed by atoms with Crippen molar-refractivity contribution in [1.82, 2.24) is 14.8 Å². The van der Waals surface area contributed by atoms with Crippen LogP contribution in [0.5, 0.6) is 0 Å². The van der Waals surface area contributed by atoms with Crippen molar-refractivity contribution < 1.29 is 18.4 Å². The van der Waals surface area contributed by atoms with Gasteiger partial charge in [-0.05, 0) is 18.6 Å². The quantitative estimate of drug-likeness (QED) is 0.906. The molecule has 26 heavy (non-hydrogen) atoms. The Morgan fingerprint density at radius 1 is 1.35 bits per heavy atom. The number of nitrogens with zero attached hydrogens (tertiary/aromatic N) is 4. The van der Waals surface area contributed by atoms with Crippen LogP contribution in [-0.2, 0) is 11.8 Å². The molecule has 2 aromatic rings. The summed E-state index contributed by atoms with van der Waals surface area (Å²) < 4.78 is 27.0. The molecule has 0 saturated carbocycles. The Labute approximate surface area is 149 Å². The number of hydrogen-bond acceptors (Lipinski definition) is 4. The third kappa shape index (κ3) is 3.29. The maximum Gasteiger partial charge on any atom is 0.280 e. The van der Waals surface area contributed by atoms with Crippen LogP contribution in [0.25, 0.3) is 0 Å². The van der Waals surface area contributed by atoms with Gasteiger partial charge < -0.3 is 5.32 Å². The second kappa shape index (κ2) is 6.47. The Bertz CT molecular complexity index is 863. The fourth-order valence-corrected chi connectivity index (χ4v) is 2.82. The maximum absolute atomic E-state index is 12.8. The molecule has 1 N–H and O–H groups in total. The molecule has 0 spiro atoms. The fourth-order valence-electron chi connectivity index (χ4n) is 2.82. The number of aryl methyl sites for hydroxylation is 1. The average Bonchev–Trinajstić information content (AvgIpc) is 3.07. The average molecular weight is 363 g/mol. The molecule has 0 unspecified atom stereocenters. The van der Waals surface area contributed by atoms with Crippen LogP contribution >= 0.6 is 0 Å². The second-order valence-electron chi connectivity index (χ2n) is 6.83. The smallest absolute Gasteiger partial charge is 0.280 e. The summed E-state index contributed by atoms with van der Waals surface area (Å²) in [6, 6.07) is 3.85. The first-order valence-electron chi connectivity index (χ1n) is 8.11. The summed E-state index contributed by atoms with van der Waals surface area (Å²) in [5.41, 5.74) is -0.773. The van der Waals surface area contributed by atoms with Crippen LogP contribution in [0.15, 0.2) is 24.4 Å². The SMILES string of the molecule is Cn1cc(NC(=O)c2cccc(C(F)F)n2)c(N2CCC(C)(C)C2=O)n1. The van der Waals surface area contributed by atoms with Crippen LogP contribution in [-0.4, -0.2) is 33.1 Å². The van der Waals surface area contributed by atoms with Crippen molar-refractivity contribution in [3.8, 4) is 0 Å². The zero-order valence-electron chi connectivity index (χ0n) is 14.7. The van der Waals surface area contributed by atoms with E-state index < -0.39 is 23.4 Å². The van der Waals surface area contributed by atoms with Gasteiger partial charge in [-0.3, -0.25) is 19.2 Å². The zero-order chi connectivity index (χ0) is 19.1. The molecule has 1 aliphatic rings. The molecule has 7 nitrogen and oxygen atoms in total. The molecule has 0 aromatic carbocycles. The van der Waals surface area contributed by atoms with E-state index in [4.69, 9.17) is 0 Å². The van der Waals surface area contributed by atoms with Crippen molar-refractivity contribution in [3.05, 3.63) is 35.8 Å². The number of anilines is 2. The number of nitrogens with one attached hydrogen (secondary N) is 1. The van der Waals surface area contributed by atoms with Crippen LogP contribution in [0.2, 0.25) is 0 Å². The summed E-state index contributed by atoms with van der Waals surface area (Å²) in [6.45, 7) is 4.21. The van der Waals surface area contributed by atoms with Gasteiger partial charge in [0.2, 0.25) is 5.91 Å². The monoisotopic (exact) mass is 363 g/mol. The van der Waals surface area contributed by atoms with Gasteiger partial charge in [-0.2, -0.15) is 5.10 Å². The summed E-state index contributed by atoms with van der Waals surface area (Å²) in [5, 5.41) is 6.88. The topological polar surface area (TPSA) is 80.1 Å². The fraction of sp³-hybridized carbons (Fsp3) is 0.412. The molecule has 0 bridgehead atoms. The van der Waals surface area contributed by atoms with Crippen molar-refractivity contribution in [2.24, 2.45) is 12.5 Å². The number of amides is 2. The third-order valence-electron chi connectivity index (χ3n) is 4.32. The molecule has 2 aromatic heterocycles. The van der Waals surface area contributed by atoms with Gasteiger partial charge in [-0.25, -0.2) is 13.8 Å². The van der Waals surface area contributed by atoms with E-state index in [0.29, 0.717) is 24.5 Å². The van der Waals surface area contributed by atoms with Crippen molar-refractivity contribution in [1.29, 1.82) is 0 Å². The van der Waals surface area contributed by atoms with Gasteiger partial charge in [-0.1, -0.05) is 19.9 Å². The number of alkyl halides is 2. The van der Waals surface area contributed by atoms with E-state index in [0.717, 1.165) is 6.07 Å². The predicted octanol–water partition coefficient (Wildman–Crippen LogP) is 2.77. The van der Waals surface area contributed by atoms with Gasteiger partial charge in [0.25, 0.3) is 12.3 Å². The minimum Gasteiger partial charge on any atom is -0.316 e. The van der Waals surface area contributed by atoms with Gasteiger partial charge in [0.15, 0.2) is 5.82 Å². The van der Waals surface area contributed by atoms with Crippen molar-refractivity contribution in [2.75, 3.05) is 16.8 Å². The van der Waals surface area contributed by atoms with E-state index in [2.05, 4.69) is 15.4 Å². The number of halogens is 2.